The number of fused-ring (bicyclic) bond motifs is 1. The molecule has 0 aromatic heterocycles. The van der Waals surface area contributed by atoms with Crippen molar-refractivity contribution in [2.24, 2.45) is 0 Å². The van der Waals surface area contributed by atoms with Gasteiger partial charge in [0.15, 0.2) is 12.0 Å². The Morgan fingerprint density at radius 1 is 1.29 bits per heavy atom. The molecule has 1 aliphatic heterocycles. The lowest BCUT2D eigenvalue weighted by Gasteiger charge is -2.31. The van der Waals surface area contributed by atoms with Crippen molar-refractivity contribution in [2.45, 2.75) is 24.2 Å². The van der Waals surface area contributed by atoms with Crippen molar-refractivity contribution in [3.63, 3.8) is 0 Å². The molecule has 2 unspecified atom stereocenters. The van der Waals surface area contributed by atoms with E-state index in [9.17, 15) is 17.9 Å². The molecule has 2 aromatic carbocycles. The van der Waals surface area contributed by atoms with Crippen molar-refractivity contribution in [3.05, 3.63) is 47.2 Å². The first-order chi connectivity index (χ1) is 11.3. The van der Waals surface area contributed by atoms with Gasteiger partial charge in [-0.15, -0.1) is 0 Å². The van der Waals surface area contributed by atoms with Crippen LogP contribution in [0.1, 0.15) is 6.92 Å². The Balaban J connectivity index is 2.03. The first-order valence-electron chi connectivity index (χ1n) is 6.99. The Morgan fingerprint density at radius 3 is 2.62 bits per heavy atom. The number of hydrogen-bond acceptors (Lipinski definition) is 5. The number of benzene rings is 2. The molecule has 1 aliphatic rings. The van der Waals surface area contributed by atoms with Crippen LogP contribution in [0.3, 0.4) is 0 Å². The van der Waals surface area contributed by atoms with Crippen LogP contribution in [0.15, 0.2) is 41.3 Å². The van der Waals surface area contributed by atoms with Crippen molar-refractivity contribution in [1.82, 2.24) is 0 Å². The molecule has 2 aromatic rings. The monoisotopic (exact) mass is 372 g/mol. The van der Waals surface area contributed by atoms with Crippen LogP contribution in [0.5, 0.6) is 5.75 Å². The molecule has 1 heterocycles. The van der Waals surface area contributed by atoms with E-state index >= 15 is 0 Å². The van der Waals surface area contributed by atoms with Crippen LogP contribution in [0.25, 0.3) is 0 Å². The predicted octanol–water partition coefficient (Wildman–Crippen LogP) is 2.79. The summed E-state index contributed by atoms with van der Waals surface area (Å²) in [5.74, 6) is -0.416. The predicted molar refractivity (Wildman–Crippen MR) is 88.4 cm³/mol. The third kappa shape index (κ3) is 3.26. The smallest absolute Gasteiger partial charge is 0.265 e. The number of rotatable bonds is 3. The van der Waals surface area contributed by atoms with Gasteiger partial charge in [0.2, 0.25) is 0 Å². The zero-order valence-electron chi connectivity index (χ0n) is 12.5. The van der Waals surface area contributed by atoms with Gasteiger partial charge < -0.3 is 15.2 Å². The maximum absolute atomic E-state index is 13.0. The molecule has 3 rings (SSSR count). The van der Waals surface area contributed by atoms with E-state index in [2.05, 4.69) is 10.0 Å². The lowest BCUT2D eigenvalue weighted by atomic mass is 10.2. The standard InChI is InChI=1S/C15H14ClFN2O4S/c1-8-15(20)18-12-6-9(16)7-13(14(12)23-8)24(21,22)19-11-4-2-10(17)3-5-11/h2-8,15,18-20H,1H3. The summed E-state index contributed by atoms with van der Waals surface area (Å²) in [6.45, 7) is 1.60. The van der Waals surface area contributed by atoms with E-state index in [4.69, 9.17) is 16.3 Å². The van der Waals surface area contributed by atoms with E-state index in [-0.39, 0.29) is 27.0 Å². The highest BCUT2D eigenvalue weighted by molar-refractivity contribution is 7.92. The minimum absolute atomic E-state index is 0.0619. The lowest BCUT2D eigenvalue weighted by Crippen LogP contribution is -2.39. The molecular weight excluding hydrogens is 359 g/mol. The normalized spacial score (nSPS) is 19.8. The van der Waals surface area contributed by atoms with E-state index in [0.29, 0.717) is 0 Å². The van der Waals surface area contributed by atoms with Gasteiger partial charge in [-0.3, -0.25) is 4.72 Å². The second-order valence-electron chi connectivity index (χ2n) is 5.31. The number of hydrogen-bond donors (Lipinski definition) is 3. The lowest BCUT2D eigenvalue weighted by molar-refractivity contribution is 0.0547. The zero-order valence-corrected chi connectivity index (χ0v) is 14.0. The van der Waals surface area contributed by atoms with Crippen LogP contribution < -0.4 is 14.8 Å². The first kappa shape index (κ1) is 16.8. The van der Waals surface area contributed by atoms with Crippen molar-refractivity contribution in [2.75, 3.05) is 10.0 Å². The highest BCUT2D eigenvalue weighted by atomic mass is 35.5. The molecule has 0 radical (unpaired) electrons. The molecular formula is C15H14ClFN2O4S. The fraction of sp³-hybridized carbons (Fsp3) is 0.200. The van der Waals surface area contributed by atoms with Gasteiger partial charge in [-0.2, -0.15) is 0 Å². The van der Waals surface area contributed by atoms with E-state index in [1.165, 1.54) is 24.3 Å². The molecule has 3 N–H and O–H groups in total. The molecule has 9 heteroatoms. The molecule has 128 valence electrons. The second kappa shape index (κ2) is 6.12. The highest BCUT2D eigenvalue weighted by Gasteiger charge is 2.31. The summed E-state index contributed by atoms with van der Waals surface area (Å²) >= 11 is 5.98. The Labute approximate surface area is 143 Å². The third-order valence-electron chi connectivity index (χ3n) is 3.46. The summed E-state index contributed by atoms with van der Waals surface area (Å²) in [5.41, 5.74) is 0.467. The fourth-order valence-electron chi connectivity index (χ4n) is 2.25. The van der Waals surface area contributed by atoms with Crippen LogP contribution >= 0.6 is 11.6 Å². The van der Waals surface area contributed by atoms with Gasteiger partial charge in [0.05, 0.1) is 5.69 Å². The Hall–Kier alpha value is -2.03. The minimum atomic E-state index is -4.03. The molecule has 2 atom stereocenters. The molecule has 0 fully saturated rings. The van der Waals surface area contributed by atoms with Crippen molar-refractivity contribution in [1.29, 1.82) is 0 Å². The molecule has 0 saturated carbocycles. The summed E-state index contributed by atoms with van der Waals surface area (Å²) < 4.78 is 46.1. The highest BCUT2D eigenvalue weighted by Crippen LogP contribution is 2.40. The zero-order chi connectivity index (χ0) is 17.5. The number of sulfonamides is 1. The van der Waals surface area contributed by atoms with Gasteiger partial charge in [0, 0.05) is 10.7 Å². The number of halogens is 2. The van der Waals surface area contributed by atoms with Crippen LogP contribution in [-0.2, 0) is 10.0 Å². The van der Waals surface area contributed by atoms with Crippen LogP contribution in [-0.4, -0.2) is 25.9 Å². The van der Waals surface area contributed by atoms with Crippen LogP contribution in [0.2, 0.25) is 5.02 Å². The molecule has 0 bridgehead atoms. The number of aliphatic hydroxyl groups is 1. The molecule has 0 amide bonds. The Morgan fingerprint density at radius 2 is 1.96 bits per heavy atom. The summed E-state index contributed by atoms with van der Waals surface area (Å²) in [6.07, 6.45) is -1.64. The maximum Gasteiger partial charge on any atom is 0.265 e. The van der Waals surface area contributed by atoms with Gasteiger partial charge in [-0.1, -0.05) is 11.6 Å². The average molecular weight is 373 g/mol. The molecule has 6 nitrogen and oxygen atoms in total. The van der Waals surface area contributed by atoms with Gasteiger partial charge in [-0.25, -0.2) is 12.8 Å². The van der Waals surface area contributed by atoms with Gasteiger partial charge in [0.25, 0.3) is 10.0 Å². The fourth-order valence-corrected chi connectivity index (χ4v) is 3.78. The van der Waals surface area contributed by atoms with Gasteiger partial charge in [-0.05, 0) is 43.3 Å². The maximum atomic E-state index is 13.0. The van der Waals surface area contributed by atoms with Crippen LogP contribution in [0.4, 0.5) is 15.8 Å². The van der Waals surface area contributed by atoms with Gasteiger partial charge >= 0.3 is 0 Å². The van der Waals surface area contributed by atoms with Crippen molar-refractivity contribution in [3.8, 4) is 5.75 Å². The average Bonchev–Trinajstić information content (AvgIpc) is 2.50. The number of aliphatic hydroxyl groups excluding tert-OH is 1. The van der Waals surface area contributed by atoms with Crippen LogP contribution in [0, 0.1) is 5.82 Å². The Kier molecular flexibility index (Phi) is 4.29. The number of ether oxygens (including phenoxy) is 1. The van der Waals surface area contributed by atoms with Crippen molar-refractivity contribution < 1.29 is 22.7 Å². The summed E-state index contributed by atoms with van der Waals surface area (Å²) in [7, 11) is -4.03. The molecule has 24 heavy (non-hydrogen) atoms. The molecule has 0 aliphatic carbocycles. The summed E-state index contributed by atoms with van der Waals surface area (Å²) in [6, 6.07) is 7.59. The van der Waals surface area contributed by atoms with E-state index < -0.39 is 28.2 Å². The minimum Gasteiger partial charge on any atom is -0.482 e. The molecule has 0 spiro atoms. The second-order valence-corrected chi connectivity index (χ2v) is 7.39. The topological polar surface area (TPSA) is 87.7 Å². The van der Waals surface area contributed by atoms with Crippen molar-refractivity contribution >= 4 is 33.0 Å². The SMILES string of the molecule is CC1Oc2c(cc(Cl)cc2S(=O)(=O)Nc2ccc(F)cc2)NC1O. The number of nitrogens with one attached hydrogen (secondary N) is 2. The first-order valence-corrected chi connectivity index (χ1v) is 8.85. The van der Waals surface area contributed by atoms with E-state index in [1.54, 1.807) is 6.92 Å². The summed E-state index contributed by atoms with van der Waals surface area (Å²) in [4.78, 5) is -0.180. The molecule has 0 saturated heterocycles. The van der Waals surface area contributed by atoms with E-state index in [1.807, 2.05) is 0 Å². The number of anilines is 2. The summed E-state index contributed by atoms with van der Waals surface area (Å²) in [5, 5.41) is 12.7. The Bertz CT molecular complexity index is 874. The largest absolute Gasteiger partial charge is 0.482 e. The quantitative estimate of drug-likeness (QED) is 0.771. The third-order valence-corrected chi connectivity index (χ3v) is 5.06. The van der Waals surface area contributed by atoms with Gasteiger partial charge in [0.1, 0.15) is 16.8 Å². The van der Waals surface area contributed by atoms with E-state index in [0.717, 1.165) is 12.1 Å².